The number of hydrogen-bond acceptors (Lipinski definition) is 7. The van der Waals surface area contributed by atoms with Gasteiger partial charge in [0.1, 0.15) is 23.7 Å². The van der Waals surface area contributed by atoms with Crippen molar-refractivity contribution in [3.05, 3.63) is 45.6 Å². The van der Waals surface area contributed by atoms with E-state index in [1.165, 1.54) is 0 Å². The first kappa shape index (κ1) is 18.0. The molecule has 142 valence electrons. The number of carbonyl (C=O) groups excluding carboxylic acids is 1. The highest BCUT2D eigenvalue weighted by Gasteiger charge is 2.29. The predicted octanol–water partition coefficient (Wildman–Crippen LogP) is 2.57. The SMILES string of the molecule is Cc1ncc(COc2ccc3oc(C)c(C(=O)N[C@@H]4COC[C@H]4O)c3c2)s1. The van der Waals surface area contributed by atoms with Gasteiger partial charge in [-0.1, -0.05) is 0 Å². The number of aliphatic hydroxyl groups is 1. The van der Waals surface area contributed by atoms with Crippen molar-refractivity contribution in [1.29, 1.82) is 0 Å². The van der Waals surface area contributed by atoms with Crippen molar-refractivity contribution >= 4 is 28.2 Å². The van der Waals surface area contributed by atoms with Gasteiger partial charge in [-0.05, 0) is 32.0 Å². The van der Waals surface area contributed by atoms with Crippen LogP contribution in [0.5, 0.6) is 5.75 Å². The van der Waals surface area contributed by atoms with Crippen LogP contribution >= 0.6 is 11.3 Å². The zero-order valence-corrected chi connectivity index (χ0v) is 15.8. The molecule has 1 aromatic carbocycles. The zero-order chi connectivity index (χ0) is 19.0. The number of nitrogens with zero attached hydrogens (tertiary/aromatic N) is 1. The number of hydrogen-bond donors (Lipinski definition) is 2. The molecule has 4 rings (SSSR count). The van der Waals surface area contributed by atoms with Crippen molar-refractivity contribution in [1.82, 2.24) is 10.3 Å². The fraction of sp³-hybridized carbons (Fsp3) is 0.368. The van der Waals surface area contributed by atoms with Crippen LogP contribution < -0.4 is 10.1 Å². The number of nitrogens with one attached hydrogen (secondary N) is 1. The van der Waals surface area contributed by atoms with Crippen molar-refractivity contribution in [2.45, 2.75) is 32.6 Å². The van der Waals surface area contributed by atoms with E-state index in [1.54, 1.807) is 36.6 Å². The van der Waals surface area contributed by atoms with Crippen LogP contribution in [0, 0.1) is 13.8 Å². The molecule has 2 N–H and O–H groups in total. The Bertz CT molecular complexity index is 980. The van der Waals surface area contributed by atoms with Gasteiger partial charge in [0, 0.05) is 11.6 Å². The predicted molar refractivity (Wildman–Crippen MR) is 100 cm³/mol. The first-order valence-electron chi connectivity index (χ1n) is 8.65. The maximum Gasteiger partial charge on any atom is 0.255 e. The molecule has 3 aromatic rings. The Morgan fingerprint density at radius 2 is 2.26 bits per heavy atom. The van der Waals surface area contributed by atoms with Crippen molar-refractivity contribution in [2.24, 2.45) is 0 Å². The number of amides is 1. The number of rotatable bonds is 5. The van der Waals surface area contributed by atoms with Crippen molar-refractivity contribution < 1.29 is 23.8 Å². The molecule has 2 atom stereocenters. The minimum atomic E-state index is -0.700. The normalized spacial score (nSPS) is 19.5. The largest absolute Gasteiger partial charge is 0.488 e. The second-order valence-electron chi connectivity index (χ2n) is 6.51. The molecular formula is C19H20N2O5S. The zero-order valence-electron chi connectivity index (χ0n) is 15.0. The summed E-state index contributed by atoms with van der Waals surface area (Å²) < 4.78 is 16.7. The third-order valence-electron chi connectivity index (χ3n) is 4.48. The van der Waals surface area contributed by atoms with Crippen LogP contribution in [0.4, 0.5) is 0 Å². The van der Waals surface area contributed by atoms with E-state index in [-0.39, 0.29) is 12.5 Å². The molecular weight excluding hydrogens is 368 g/mol. The Kier molecular flexibility index (Phi) is 4.86. The molecule has 0 radical (unpaired) electrons. The molecule has 8 heteroatoms. The highest BCUT2D eigenvalue weighted by atomic mass is 32.1. The van der Waals surface area contributed by atoms with Crippen LogP contribution in [0.1, 0.15) is 26.0 Å². The summed E-state index contributed by atoms with van der Waals surface area (Å²) in [4.78, 5) is 18.0. The van der Waals surface area contributed by atoms with Crippen LogP contribution in [0.15, 0.2) is 28.8 Å². The first-order chi connectivity index (χ1) is 13.0. The lowest BCUT2D eigenvalue weighted by Crippen LogP contribution is -2.42. The Morgan fingerprint density at radius 1 is 1.41 bits per heavy atom. The fourth-order valence-electron chi connectivity index (χ4n) is 3.12. The molecule has 3 heterocycles. The molecule has 1 saturated heterocycles. The molecule has 0 unspecified atom stereocenters. The summed E-state index contributed by atoms with van der Waals surface area (Å²) in [5.41, 5.74) is 1.06. The maximum atomic E-state index is 12.8. The van der Waals surface area contributed by atoms with E-state index in [9.17, 15) is 9.90 Å². The third-order valence-corrected chi connectivity index (χ3v) is 5.37. The molecule has 2 aromatic heterocycles. The number of aliphatic hydroxyl groups excluding tert-OH is 1. The van der Waals surface area contributed by atoms with Gasteiger partial charge in [0.05, 0.1) is 40.8 Å². The van der Waals surface area contributed by atoms with E-state index in [0.717, 1.165) is 9.88 Å². The molecule has 1 aliphatic heterocycles. The number of aryl methyl sites for hydroxylation is 2. The lowest BCUT2D eigenvalue weighted by molar-refractivity contribution is 0.0886. The Balaban J connectivity index is 1.56. The molecule has 0 aliphatic carbocycles. The van der Waals surface area contributed by atoms with Gasteiger partial charge < -0.3 is 24.3 Å². The van der Waals surface area contributed by atoms with Crippen molar-refractivity contribution in [2.75, 3.05) is 13.2 Å². The second kappa shape index (κ2) is 7.30. The van der Waals surface area contributed by atoms with Crippen LogP contribution in [0.2, 0.25) is 0 Å². The Labute approximate surface area is 159 Å². The quantitative estimate of drug-likeness (QED) is 0.698. The molecule has 1 amide bonds. The van der Waals surface area contributed by atoms with Crippen LogP contribution in [-0.4, -0.2) is 41.4 Å². The van der Waals surface area contributed by atoms with E-state index in [2.05, 4.69) is 10.3 Å². The van der Waals surface area contributed by atoms with Crippen molar-refractivity contribution in [3.8, 4) is 5.75 Å². The second-order valence-corrected chi connectivity index (χ2v) is 7.83. The Morgan fingerprint density at radius 3 is 2.96 bits per heavy atom. The summed E-state index contributed by atoms with van der Waals surface area (Å²) >= 11 is 1.59. The summed E-state index contributed by atoms with van der Waals surface area (Å²) in [5, 5.41) is 14.3. The van der Waals surface area contributed by atoms with Crippen LogP contribution in [-0.2, 0) is 11.3 Å². The number of aromatic nitrogens is 1. The number of fused-ring (bicyclic) bond motifs is 1. The number of carbonyl (C=O) groups is 1. The van der Waals surface area contributed by atoms with E-state index in [4.69, 9.17) is 13.9 Å². The van der Waals surface area contributed by atoms with Gasteiger partial charge in [-0.15, -0.1) is 11.3 Å². The van der Waals surface area contributed by atoms with Gasteiger partial charge in [-0.25, -0.2) is 4.98 Å². The highest BCUT2D eigenvalue weighted by molar-refractivity contribution is 7.11. The molecule has 0 spiro atoms. The summed E-state index contributed by atoms with van der Waals surface area (Å²) in [6, 6.07) is 4.99. The first-order valence-corrected chi connectivity index (χ1v) is 9.47. The average molecular weight is 388 g/mol. The van der Waals surface area contributed by atoms with E-state index in [1.807, 2.05) is 13.0 Å². The van der Waals surface area contributed by atoms with Gasteiger partial charge >= 0.3 is 0 Å². The third kappa shape index (κ3) is 3.69. The number of ether oxygens (including phenoxy) is 2. The molecule has 0 bridgehead atoms. The van der Waals surface area contributed by atoms with Gasteiger partial charge in [0.15, 0.2) is 0 Å². The summed E-state index contributed by atoms with van der Waals surface area (Å²) in [6.07, 6.45) is 1.10. The minimum Gasteiger partial charge on any atom is -0.488 e. The minimum absolute atomic E-state index is 0.227. The fourth-order valence-corrected chi connectivity index (χ4v) is 3.83. The molecule has 27 heavy (non-hydrogen) atoms. The monoisotopic (exact) mass is 388 g/mol. The van der Waals surface area contributed by atoms with Gasteiger partial charge in [0.25, 0.3) is 5.91 Å². The molecule has 0 saturated carbocycles. The van der Waals surface area contributed by atoms with Gasteiger partial charge in [-0.2, -0.15) is 0 Å². The number of benzene rings is 1. The molecule has 7 nitrogen and oxygen atoms in total. The van der Waals surface area contributed by atoms with Crippen molar-refractivity contribution in [3.63, 3.8) is 0 Å². The highest BCUT2D eigenvalue weighted by Crippen LogP contribution is 2.30. The van der Waals surface area contributed by atoms with E-state index < -0.39 is 12.1 Å². The maximum absolute atomic E-state index is 12.8. The summed E-state index contributed by atoms with van der Waals surface area (Å²) in [7, 11) is 0. The summed E-state index contributed by atoms with van der Waals surface area (Å²) in [5.74, 6) is 0.870. The van der Waals surface area contributed by atoms with Crippen LogP contribution in [0.25, 0.3) is 11.0 Å². The van der Waals surface area contributed by atoms with Gasteiger partial charge in [0.2, 0.25) is 0 Å². The van der Waals surface area contributed by atoms with Gasteiger partial charge in [-0.3, -0.25) is 4.79 Å². The summed E-state index contributed by atoms with van der Waals surface area (Å²) in [6.45, 7) is 4.64. The molecule has 1 aliphatic rings. The average Bonchev–Trinajstić information content (AvgIpc) is 3.31. The van der Waals surface area contributed by atoms with E-state index in [0.29, 0.717) is 41.3 Å². The smallest absolute Gasteiger partial charge is 0.255 e. The topological polar surface area (TPSA) is 93.8 Å². The lowest BCUT2D eigenvalue weighted by Gasteiger charge is -2.14. The Hall–Kier alpha value is -2.42. The number of furan rings is 1. The van der Waals surface area contributed by atoms with Crippen LogP contribution in [0.3, 0.4) is 0 Å². The van der Waals surface area contributed by atoms with E-state index >= 15 is 0 Å². The number of thiazole rings is 1. The lowest BCUT2D eigenvalue weighted by atomic mass is 10.1. The standard InChI is InChI=1S/C19H20N2O5S/c1-10-18(19(23)21-15-8-24-9-16(15)22)14-5-12(3-4-17(14)26-10)25-7-13-6-20-11(2)27-13/h3-6,15-16,22H,7-9H2,1-2H3,(H,21,23)/t15-,16-/m1/s1. The molecule has 1 fully saturated rings.